The Kier molecular flexibility index (Phi) is 4.74. The second kappa shape index (κ2) is 7.17. The molecule has 1 aliphatic rings. The fourth-order valence-electron chi connectivity index (χ4n) is 3.70. The van der Waals surface area contributed by atoms with E-state index in [1.807, 2.05) is 29.2 Å². The normalized spacial score (nSPS) is 18.3. The predicted molar refractivity (Wildman–Crippen MR) is 103 cm³/mol. The zero-order chi connectivity index (χ0) is 18.1. The van der Waals surface area contributed by atoms with Crippen molar-refractivity contribution in [1.29, 1.82) is 0 Å². The first-order valence-corrected chi connectivity index (χ1v) is 9.83. The first kappa shape index (κ1) is 17.2. The van der Waals surface area contributed by atoms with Crippen molar-refractivity contribution in [2.75, 3.05) is 13.1 Å². The van der Waals surface area contributed by atoms with Crippen LogP contribution in [0.25, 0.3) is 10.7 Å². The molecule has 0 radical (unpaired) electrons. The van der Waals surface area contributed by atoms with E-state index in [1.165, 1.54) is 5.56 Å². The maximum absolute atomic E-state index is 12.2. The number of hydrogen-bond donors (Lipinski definition) is 1. The maximum Gasteiger partial charge on any atom is 0.251 e. The van der Waals surface area contributed by atoms with Crippen LogP contribution in [0.1, 0.15) is 35.7 Å². The number of nitrogens with zero attached hydrogens (tertiary/aromatic N) is 4. The van der Waals surface area contributed by atoms with Crippen molar-refractivity contribution in [3.05, 3.63) is 57.1 Å². The predicted octanol–water partition coefficient (Wildman–Crippen LogP) is 2.92. The molecular formula is C19H23N5OS. The Balaban J connectivity index is 1.54. The molecule has 1 N–H and O–H groups in total. The number of thiophene rings is 1. The fourth-order valence-corrected chi connectivity index (χ4v) is 4.37. The summed E-state index contributed by atoms with van der Waals surface area (Å²) in [5, 5.41) is 6.44. The monoisotopic (exact) mass is 369 g/mol. The van der Waals surface area contributed by atoms with E-state index in [9.17, 15) is 4.79 Å². The minimum absolute atomic E-state index is 0.0707. The van der Waals surface area contributed by atoms with Gasteiger partial charge in [-0.05, 0) is 37.8 Å². The second-order valence-corrected chi connectivity index (χ2v) is 7.93. The molecule has 136 valence electrons. The Labute approximate surface area is 156 Å². The molecule has 3 aromatic heterocycles. The molecule has 0 amide bonds. The van der Waals surface area contributed by atoms with Crippen molar-refractivity contribution in [1.82, 2.24) is 24.6 Å². The topological polar surface area (TPSA) is 66.8 Å². The van der Waals surface area contributed by atoms with Crippen molar-refractivity contribution in [3.8, 4) is 10.7 Å². The summed E-state index contributed by atoms with van der Waals surface area (Å²) < 4.78 is 1.87. The highest BCUT2D eigenvalue weighted by Crippen LogP contribution is 2.28. The molecule has 0 saturated carbocycles. The number of aromatic nitrogens is 4. The molecule has 0 aliphatic carbocycles. The number of hydrogen-bond acceptors (Lipinski definition) is 5. The summed E-state index contributed by atoms with van der Waals surface area (Å²) in [5.74, 6) is 0.976. The molecule has 1 saturated heterocycles. The summed E-state index contributed by atoms with van der Waals surface area (Å²) in [6, 6.07) is 5.64. The minimum atomic E-state index is -0.0707. The zero-order valence-electron chi connectivity index (χ0n) is 15.1. The summed E-state index contributed by atoms with van der Waals surface area (Å²) in [4.78, 5) is 23.3. The minimum Gasteiger partial charge on any atom is -0.306 e. The Morgan fingerprint density at radius 2 is 2.31 bits per heavy atom. The molecule has 4 rings (SSSR count). The third kappa shape index (κ3) is 3.64. The summed E-state index contributed by atoms with van der Waals surface area (Å²) in [5.41, 5.74) is 3.19. The van der Waals surface area contributed by atoms with Gasteiger partial charge in [-0.2, -0.15) is 5.10 Å². The number of rotatable bonds is 4. The molecule has 7 heteroatoms. The largest absolute Gasteiger partial charge is 0.306 e. The molecular weight excluding hydrogens is 346 g/mol. The molecule has 1 unspecified atom stereocenters. The summed E-state index contributed by atoms with van der Waals surface area (Å²) in [7, 11) is 1.96. The van der Waals surface area contributed by atoms with Crippen molar-refractivity contribution < 1.29 is 0 Å². The van der Waals surface area contributed by atoms with Crippen LogP contribution in [-0.4, -0.2) is 37.7 Å². The Hall–Kier alpha value is -2.25. The van der Waals surface area contributed by atoms with Crippen molar-refractivity contribution in [2.24, 2.45) is 7.05 Å². The number of nitrogens with one attached hydrogen (secondary N) is 1. The van der Waals surface area contributed by atoms with Gasteiger partial charge in [-0.25, -0.2) is 4.98 Å². The van der Waals surface area contributed by atoms with Gasteiger partial charge in [0.2, 0.25) is 0 Å². The van der Waals surface area contributed by atoms with Crippen LogP contribution >= 0.6 is 11.3 Å². The summed E-state index contributed by atoms with van der Waals surface area (Å²) in [6.45, 7) is 4.96. The van der Waals surface area contributed by atoms with Gasteiger partial charge in [0.05, 0.1) is 16.3 Å². The summed E-state index contributed by atoms with van der Waals surface area (Å²) in [6.07, 6.45) is 4.29. The molecule has 1 fully saturated rings. The van der Waals surface area contributed by atoms with Gasteiger partial charge < -0.3 is 4.98 Å². The Bertz CT molecular complexity index is 943. The highest BCUT2D eigenvalue weighted by Gasteiger charge is 2.24. The number of aromatic amines is 1. The van der Waals surface area contributed by atoms with Crippen LogP contribution in [-0.2, 0) is 13.6 Å². The SMILES string of the molecule is Cc1nn(C)cc1CN1CCCC(c2cc(=O)[nH]c(-c3cccs3)n2)C1. The van der Waals surface area contributed by atoms with Gasteiger partial charge in [0.15, 0.2) is 0 Å². The molecule has 0 aromatic carbocycles. The van der Waals surface area contributed by atoms with Gasteiger partial charge in [-0.15, -0.1) is 11.3 Å². The molecule has 1 aliphatic heterocycles. The highest BCUT2D eigenvalue weighted by atomic mass is 32.1. The van der Waals surface area contributed by atoms with Gasteiger partial charge in [-0.3, -0.25) is 14.4 Å². The molecule has 4 heterocycles. The van der Waals surface area contributed by atoms with Crippen molar-refractivity contribution in [2.45, 2.75) is 32.2 Å². The first-order valence-electron chi connectivity index (χ1n) is 8.95. The van der Waals surface area contributed by atoms with E-state index >= 15 is 0 Å². The van der Waals surface area contributed by atoms with Gasteiger partial charge in [0.25, 0.3) is 5.56 Å². The molecule has 0 spiro atoms. The molecule has 6 nitrogen and oxygen atoms in total. The van der Waals surface area contributed by atoms with Gasteiger partial charge >= 0.3 is 0 Å². The third-order valence-corrected chi connectivity index (χ3v) is 5.83. The lowest BCUT2D eigenvalue weighted by molar-refractivity contribution is 0.198. The van der Waals surface area contributed by atoms with Crippen LogP contribution in [0.5, 0.6) is 0 Å². The van der Waals surface area contributed by atoms with E-state index < -0.39 is 0 Å². The van der Waals surface area contributed by atoms with E-state index in [4.69, 9.17) is 4.98 Å². The van der Waals surface area contributed by atoms with Crippen LogP contribution in [0.2, 0.25) is 0 Å². The van der Waals surface area contributed by atoms with E-state index in [2.05, 4.69) is 28.1 Å². The molecule has 1 atom stereocenters. The smallest absolute Gasteiger partial charge is 0.251 e. The maximum atomic E-state index is 12.2. The van der Waals surface area contributed by atoms with Crippen LogP contribution in [0, 0.1) is 6.92 Å². The van der Waals surface area contributed by atoms with Crippen molar-refractivity contribution >= 4 is 11.3 Å². The quantitative estimate of drug-likeness (QED) is 0.768. The van der Waals surface area contributed by atoms with E-state index in [0.29, 0.717) is 11.7 Å². The van der Waals surface area contributed by atoms with E-state index in [-0.39, 0.29) is 5.56 Å². The standard InChI is InChI=1S/C19H23N5OS/c1-13-15(10-23(2)22-13)12-24-7-3-5-14(11-24)16-9-18(25)21-19(20-16)17-6-4-8-26-17/h4,6,8-10,14H,3,5,7,11-12H2,1-2H3,(H,20,21,25). The summed E-state index contributed by atoms with van der Waals surface area (Å²) >= 11 is 1.59. The third-order valence-electron chi connectivity index (χ3n) is 4.95. The Morgan fingerprint density at radius 1 is 1.42 bits per heavy atom. The number of aryl methyl sites for hydroxylation is 2. The highest BCUT2D eigenvalue weighted by molar-refractivity contribution is 7.13. The van der Waals surface area contributed by atoms with Crippen LogP contribution in [0.15, 0.2) is 34.6 Å². The fraction of sp³-hybridized carbons (Fsp3) is 0.421. The average molecular weight is 369 g/mol. The molecule has 26 heavy (non-hydrogen) atoms. The van der Waals surface area contributed by atoms with Crippen LogP contribution in [0.3, 0.4) is 0 Å². The lowest BCUT2D eigenvalue weighted by Crippen LogP contribution is -2.34. The number of piperidine rings is 1. The zero-order valence-corrected chi connectivity index (χ0v) is 15.9. The van der Waals surface area contributed by atoms with Crippen LogP contribution < -0.4 is 5.56 Å². The Morgan fingerprint density at radius 3 is 3.04 bits per heavy atom. The number of likely N-dealkylation sites (tertiary alicyclic amines) is 1. The lowest BCUT2D eigenvalue weighted by atomic mass is 9.94. The van der Waals surface area contributed by atoms with Crippen LogP contribution in [0.4, 0.5) is 0 Å². The first-order chi connectivity index (χ1) is 12.6. The van der Waals surface area contributed by atoms with Crippen molar-refractivity contribution in [3.63, 3.8) is 0 Å². The second-order valence-electron chi connectivity index (χ2n) is 6.98. The van der Waals surface area contributed by atoms with Gasteiger partial charge in [-0.1, -0.05) is 6.07 Å². The number of H-pyrrole nitrogens is 1. The average Bonchev–Trinajstić information content (AvgIpc) is 3.25. The molecule has 0 bridgehead atoms. The lowest BCUT2D eigenvalue weighted by Gasteiger charge is -2.32. The van der Waals surface area contributed by atoms with Gasteiger partial charge in [0, 0.05) is 43.9 Å². The van der Waals surface area contributed by atoms with E-state index in [0.717, 1.165) is 48.7 Å². The molecule has 3 aromatic rings. The van der Waals surface area contributed by atoms with Gasteiger partial charge in [0.1, 0.15) is 5.82 Å². The van der Waals surface area contributed by atoms with E-state index in [1.54, 1.807) is 17.4 Å².